The molecule has 3 aromatic carbocycles. The number of hydrogen-bond acceptors (Lipinski definition) is 5. The van der Waals surface area contributed by atoms with Crippen molar-refractivity contribution in [1.82, 2.24) is 10.2 Å². The number of carbonyl (C=O) groups excluding carboxylic acids is 2. The highest BCUT2D eigenvalue weighted by Gasteiger charge is 2.33. The number of carbonyl (C=O) groups is 2. The van der Waals surface area contributed by atoms with E-state index in [4.69, 9.17) is 4.74 Å². The maximum absolute atomic E-state index is 13.9. The summed E-state index contributed by atoms with van der Waals surface area (Å²) in [6.45, 7) is 9.10. The molecule has 0 radical (unpaired) electrons. The van der Waals surface area contributed by atoms with Gasteiger partial charge in [0.2, 0.25) is 11.8 Å². The second-order valence-electron chi connectivity index (χ2n) is 9.89. The highest BCUT2D eigenvalue weighted by molar-refractivity contribution is 7.92. The van der Waals surface area contributed by atoms with Crippen LogP contribution >= 0.6 is 0 Å². The van der Waals surface area contributed by atoms with Gasteiger partial charge in [-0.05, 0) is 88.2 Å². The molecule has 8 nitrogen and oxygen atoms in total. The number of halogens is 1. The molecular weight excluding hydrogens is 545 g/mol. The van der Waals surface area contributed by atoms with Crippen molar-refractivity contribution in [3.63, 3.8) is 0 Å². The Kier molecular flexibility index (Phi) is 10.9. The quantitative estimate of drug-likeness (QED) is 0.304. The van der Waals surface area contributed by atoms with Crippen LogP contribution in [0, 0.1) is 12.7 Å². The molecule has 0 heterocycles. The van der Waals surface area contributed by atoms with Crippen LogP contribution in [0.3, 0.4) is 0 Å². The number of nitrogens with zero attached hydrogens (tertiary/aromatic N) is 2. The molecule has 0 aromatic heterocycles. The summed E-state index contributed by atoms with van der Waals surface area (Å²) >= 11 is 0. The first kappa shape index (κ1) is 31.6. The number of rotatable bonds is 13. The Labute approximate surface area is 242 Å². The molecule has 3 aromatic rings. The summed E-state index contributed by atoms with van der Waals surface area (Å²) in [6.07, 6.45) is 0.711. The molecule has 10 heteroatoms. The first-order chi connectivity index (χ1) is 19.5. The Morgan fingerprint density at radius 3 is 2.10 bits per heavy atom. The van der Waals surface area contributed by atoms with E-state index < -0.39 is 34.3 Å². The van der Waals surface area contributed by atoms with Crippen molar-refractivity contribution in [2.24, 2.45) is 0 Å². The minimum absolute atomic E-state index is 0.0641. The van der Waals surface area contributed by atoms with Crippen LogP contribution in [0.4, 0.5) is 10.1 Å². The molecule has 0 aliphatic rings. The normalized spacial score (nSPS) is 12.7. The summed E-state index contributed by atoms with van der Waals surface area (Å²) in [6, 6.07) is 17.3. The average molecular weight is 584 g/mol. The molecule has 1 N–H and O–H groups in total. The van der Waals surface area contributed by atoms with Gasteiger partial charge in [0.25, 0.3) is 10.0 Å². The number of ether oxygens (including phenoxy) is 1. The van der Waals surface area contributed by atoms with Crippen LogP contribution in [0.15, 0.2) is 77.7 Å². The Morgan fingerprint density at radius 1 is 0.927 bits per heavy atom. The maximum atomic E-state index is 13.9. The lowest BCUT2D eigenvalue weighted by molar-refractivity contribution is -0.139. The topological polar surface area (TPSA) is 96.0 Å². The number of nitrogens with one attached hydrogen (secondary N) is 1. The second kappa shape index (κ2) is 14.1. The van der Waals surface area contributed by atoms with Gasteiger partial charge in [0.05, 0.1) is 17.2 Å². The van der Waals surface area contributed by atoms with Gasteiger partial charge >= 0.3 is 0 Å². The highest BCUT2D eigenvalue weighted by atomic mass is 32.2. The Morgan fingerprint density at radius 2 is 1.54 bits per heavy atom. The van der Waals surface area contributed by atoms with E-state index in [-0.39, 0.29) is 29.1 Å². The number of sulfonamides is 1. The van der Waals surface area contributed by atoms with Gasteiger partial charge in [-0.3, -0.25) is 13.9 Å². The van der Waals surface area contributed by atoms with Gasteiger partial charge in [0, 0.05) is 12.6 Å². The Bertz CT molecular complexity index is 1410. The van der Waals surface area contributed by atoms with E-state index in [1.165, 1.54) is 41.3 Å². The number of hydrogen-bond donors (Lipinski definition) is 1. The predicted molar refractivity (Wildman–Crippen MR) is 158 cm³/mol. The predicted octanol–water partition coefficient (Wildman–Crippen LogP) is 5.06. The van der Waals surface area contributed by atoms with Gasteiger partial charge in [-0.15, -0.1) is 0 Å². The van der Waals surface area contributed by atoms with Crippen molar-refractivity contribution in [2.45, 2.75) is 64.6 Å². The average Bonchev–Trinajstić information content (AvgIpc) is 2.96. The van der Waals surface area contributed by atoms with Crippen molar-refractivity contribution in [3.8, 4) is 5.75 Å². The Balaban J connectivity index is 2.01. The van der Waals surface area contributed by atoms with Crippen LogP contribution in [0.25, 0.3) is 0 Å². The third kappa shape index (κ3) is 8.29. The molecule has 0 bridgehead atoms. The SMILES string of the molecule is CCOc1ccc(S(=O)(=O)N(CC(=O)N(Cc2ccc(C)cc2)C(C)C(=O)NC(C)CC)c2ccc(F)cc2)cc1. The molecule has 2 unspecified atom stereocenters. The fourth-order valence-corrected chi connectivity index (χ4v) is 5.49. The first-order valence-corrected chi connectivity index (χ1v) is 15.1. The first-order valence-electron chi connectivity index (χ1n) is 13.6. The van der Waals surface area contributed by atoms with Gasteiger partial charge in [0.1, 0.15) is 24.2 Å². The lowest BCUT2D eigenvalue weighted by Crippen LogP contribution is -2.52. The number of anilines is 1. The molecule has 3 rings (SSSR count). The van der Waals surface area contributed by atoms with Crippen LogP contribution in [-0.2, 0) is 26.2 Å². The molecule has 2 atom stereocenters. The third-order valence-corrected chi connectivity index (χ3v) is 8.55. The van der Waals surface area contributed by atoms with Crippen molar-refractivity contribution < 1.29 is 27.1 Å². The summed E-state index contributed by atoms with van der Waals surface area (Å²) in [5.74, 6) is -0.977. The summed E-state index contributed by atoms with van der Waals surface area (Å²) in [5.41, 5.74) is 1.94. The number of benzene rings is 3. The van der Waals surface area contributed by atoms with E-state index in [1.54, 1.807) is 6.92 Å². The molecular formula is C31H38FN3O5S. The van der Waals surface area contributed by atoms with E-state index in [9.17, 15) is 22.4 Å². The van der Waals surface area contributed by atoms with Gasteiger partial charge in [-0.25, -0.2) is 12.8 Å². The maximum Gasteiger partial charge on any atom is 0.264 e. The fourth-order valence-electron chi connectivity index (χ4n) is 4.08. The van der Waals surface area contributed by atoms with E-state index in [1.807, 2.05) is 52.0 Å². The molecule has 220 valence electrons. The largest absolute Gasteiger partial charge is 0.494 e. The van der Waals surface area contributed by atoms with E-state index in [0.29, 0.717) is 18.8 Å². The zero-order valence-corrected chi connectivity index (χ0v) is 24.9. The molecule has 0 aliphatic heterocycles. The molecule has 0 aliphatic carbocycles. The Hall–Kier alpha value is -3.92. The highest BCUT2D eigenvalue weighted by Crippen LogP contribution is 2.26. The second-order valence-corrected chi connectivity index (χ2v) is 11.8. The zero-order valence-electron chi connectivity index (χ0n) is 24.1. The van der Waals surface area contributed by atoms with E-state index >= 15 is 0 Å². The lowest BCUT2D eigenvalue weighted by Gasteiger charge is -2.32. The smallest absolute Gasteiger partial charge is 0.264 e. The van der Waals surface area contributed by atoms with Crippen molar-refractivity contribution in [2.75, 3.05) is 17.5 Å². The molecule has 0 saturated heterocycles. The van der Waals surface area contributed by atoms with Crippen LogP contribution in [0.2, 0.25) is 0 Å². The monoisotopic (exact) mass is 583 g/mol. The van der Waals surface area contributed by atoms with Crippen LogP contribution < -0.4 is 14.4 Å². The standard InChI is InChI=1S/C31H38FN3O5S/c1-6-23(4)33-31(37)24(5)34(20-25-10-8-22(3)9-11-25)30(36)21-35(27-14-12-26(32)13-15-27)41(38,39)29-18-16-28(17-19-29)40-7-2/h8-19,23-24H,6-7,20-21H2,1-5H3,(H,33,37). The number of amides is 2. The zero-order chi connectivity index (χ0) is 30.2. The molecule has 2 amide bonds. The van der Waals surface area contributed by atoms with Gasteiger partial charge in [0.15, 0.2) is 0 Å². The molecule has 0 fully saturated rings. The van der Waals surface area contributed by atoms with Crippen molar-refractivity contribution in [1.29, 1.82) is 0 Å². The van der Waals surface area contributed by atoms with Gasteiger partial charge in [-0.2, -0.15) is 0 Å². The van der Waals surface area contributed by atoms with Crippen LogP contribution in [0.1, 0.15) is 45.2 Å². The van der Waals surface area contributed by atoms with Crippen LogP contribution in [-0.4, -0.2) is 50.4 Å². The van der Waals surface area contributed by atoms with Gasteiger partial charge in [-0.1, -0.05) is 36.8 Å². The van der Waals surface area contributed by atoms with Gasteiger partial charge < -0.3 is 15.0 Å². The summed E-state index contributed by atoms with van der Waals surface area (Å²) < 4.78 is 47.9. The van der Waals surface area contributed by atoms with Crippen LogP contribution in [0.5, 0.6) is 5.75 Å². The number of aryl methyl sites for hydroxylation is 1. The van der Waals surface area contributed by atoms with E-state index in [0.717, 1.165) is 27.6 Å². The summed E-state index contributed by atoms with van der Waals surface area (Å²) in [4.78, 5) is 28.3. The molecule has 0 spiro atoms. The summed E-state index contributed by atoms with van der Waals surface area (Å²) in [7, 11) is -4.27. The fraction of sp³-hybridized carbons (Fsp3) is 0.355. The minimum atomic E-state index is -4.27. The third-order valence-electron chi connectivity index (χ3n) is 6.76. The molecule has 0 saturated carbocycles. The molecule has 41 heavy (non-hydrogen) atoms. The van der Waals surface area contributed by atoms with E-state index in [2.05, 4.69) is 5.32 Å². The summed E-state index contributed by atoms with van der Waals surface area (Å²) in [5, 5.41) is 2.90. The lowest BCUT2D eigenvalue weighted by atomic mass is 10.1. The van der Waals surface area contributed by atoms with Crippen molar-refractivity contribution in [3.05, 3.63) is 89.7 Å². The van der Waals surface area contributed by atoms with Crippen molar-refractivity contribution >= 4 is 27.5 Å². The minimum Gasteiger partial charge on any atom is -0.494 e.